The van der Waals surface area contributed by atoms with Crippen molar-refractivity contribution < 1.29 is 4.74 Å². The van der Waals surface area contributed by atoms with Gasteiger partial charge in [0.15, 0.2) is 0 Å². The highest BCUT2D eigenvalue weighted by atomic mass is 16.5. The van der Waals surface area contributed by atoms with Crippen molar-refractivity contribution in [2.45, 2.75) is 20.0 Å². The molecule has 1 saturated heterocycles. The lowest BCUT2D eigenvalue weighted by molar-refractivity contribution is 0.0323. The number of morpholine rings is 1. The molecule has 5 nitrogen and oxygen atoms in total. The van der Waals surface area contributed by atoms with Crippen LogP contribution < -0.4 is 0 Å². The third-order valence-electron chi connectivity index (χ3n) is 4.28. The second-order valence-electron chi connectivity index (χ2n) is 6.26. The Kier molecular flexibility index (Phi) is 6.29. The zero-order valence-corrected chi connectivity index (χ0v) is 14.4. The zero-order chi connectivity index (χ0) is 16.6. The Hall–Kier alpha value is -1.82. The van der Waals surface area contributed by atoms with Gasteiger partial charge in [-0.3, -0.25) is 19.8 Å². The van der Waals surface area contributed by atoms with Crippen LogP contribution in [0.5, 0.6) is 0 Å². The van der Waals surface area contributed by atoms with Gasteiger partial charge >= 0.3 is 0 Å². The fourth-order valence-electron chi connectivity index (χ4n) is 2.96. The fraction of sp³-hybridized carbons (Fsp3) is 0.474. The van der Waals surface area contributed by atoms with Crippen LogP contribution >= 0.6 is 0 Å². The van der Waals surface area contributed by atoms with E-state index in [1.807, 2.05) is 31.3 Å². The first-order chi connectivity index (χ1) is 11.8. The molecule has 2 aromatic rings. The topological polar surface area (TPSA) is 41.5 Å². The SMILES string of the molecule is Cc1cccc(CN(CCN2CCOCC2)Cc2ccccn2)n1. The van der Waals surface area contributed by atoms with E-state index < -0.39 is 0 Å². The van der Waals surface area contributed by atoms with E-state index in [4.69, 9.17) is 4.74 Å². The molecular formula is C19H26N4O. The van der Waals surface area contributed by atoms with E-state index in [9.17, 15) is 0 Å². The maximum Gasteiger partial charge on any atom is 0.0594 e. The average molecular weight is 326 g/mol. The van der Waals surface area contributed by atoms with Gasteiger partial charge in [-0.1, -0.05) is 12.1 Å². The molecule has 0 radical (unpaired) electrons. The van der Waals surface area contributed by atoms with E-state index in [0.717, 1.165) is 69.6 Å². The monoisotopic (exact) mass is 326 g/mol. The summed E-state index contributed by atoms with van der Waals surface area (Å²) in [5.74, 6) is 0. The van der Waals surface area contributed by atoms with Gasteiger partial charge in [0.25, 0.3) is 0 Å². The summed E-state index contributed by atoms with van der Waals surface area (Å²) in [6.45, 7) is 9.55. The fourth-order valence-corrected chi connectivity index (χ4v) is 2.96. The van der Waals surface area contributed by atoms with Crippen molar-refractivity contribution in [1.29, 1.82) is 0 Å². The van der Waals surface area contributed by atoms with Gasteiger partial charge in [0.2, 0.25) is 0 Å². The minimum Gasteiger partial charge on any atom is -0.379 e. The molecule has 3 heterocycles. The lowest BCUT2D eigenvalue weighted by Crippen LogP contribution is -2.41. The van der Waals surface area contributed by atoms with Crippen molar-refractivity contribution in [1.82, 2.24) is 19.8 Å². The van der Waals surface area contributed by atoms with Crippen LogP contribution in [-0.4, -0.2) is 59.2 Å². The molecule has 5 heteroatoms. The molecule has 2 aromatic heterocycles. The summed E-state index contributed by atoms with van der Waals surface area (Å²) < 4.78 is 5.44. The van der Waals surface area contributed by atoms with E-state index >= 15 is 0 Å². The van der Waals surface area contributed by atoms with Crippen LogP contribution in [0.4, 0.5) is 0 Å². The molecule has 0 amide bonds. The van der Waals surface area contributed by atoms with E-state index in [0.29, 0.717) is 0 Å². The molecule has 0 bridgehead atoms. The number of nitrogens with zero attached hydrogens (tertiary/aromatic N) is 4. The van der Waals surface area contributed by atoms with Gasteiger partial charge in [0.05, 0.1) is 24.6 Å². The molecule has 1 fully saturated rings. The Morgan fingerprint density at radius 3 is 2.58 bits per heavy atom. The molecule has 24 heavy (non-hydrogen) atoms. The van der Waals surface area contributed by atoms with Crippen LogP contribution in [0.15, 0.2) is 42.6 Å². The highest BCUT2D eigenvalue weighted by Crippen LogP contribution is 2.08. The number of pyridine rings is 2. The molecule has 0 atom stereocenters. The molecule has 0 unspecified atom stereocenters. The lowest BCUT2D eigenvalue weighted by atomic mass is 10.2. The molecule has 0 aliphatic carbocycles. The molecule has 0 aromatic carbocycles. The molecule has 3 rings (SSSR count). The predicted octanol–water partition coefficient (Wildman–Crippen LogP) is 2.12. The minimum absolute atomic E-state index is 0.847. The lowest BCUT2D eigenvalue weighted by Gasteiger charge is -2.30. The first-order valence-corrected chi connectivity index (χ1v) is 8.64. The summed E-state index contributed by atoms with van der Waals surface area (Å²) in [4.78, 5) is 14.0. The first kappa shape index (κ1) is 17.0. The smallest absolute Gasteiger partial charge is 0.0594 e. The number of hydrogen-bond donors (Lipinski definition) is 0. The number of aromatic nitrogens is 2. The number of aryl methyl sites for hydroxylation is 1. The van der Waals surface area contributed by atoms with E-state index in [1.165, 1.54) is 0 Å². The second kappa shape index (κ2) is 8.87. The van der Waals surface area contributed by atoms with Gasteiger partial charge in [0, 0.05) is 51.2 Å². The van der Waals surface area contributed by atoms with Crippen LogP contribution in [0.1, 0.15) is 17.1 Å². The molecule has 1 aliphatic heterocycles. The average Bonchev–Trinajstić information content (AvgIpc) is 2.61. The van der Waals surface area contributed by atoms with Crippen LogP contribution in [0, 0.1) is 6.92 Å². The van der Waals surface area contributed by atoms with Crippen molar-refractivity contribution in [3.63, 3.8) is 0 Å². The maximum absolute atomic E-state index is 5.44. The molecule has 1 aliphatic rings. The minimum atomic E-state index is 0.847. The van der Waals surface area contributed by atoms with Crippen molar-refractivity contribution in [2.24, 2.45) is 0 Å². The predicted molar refractivity (Wildman–Crippen MR) is 94.6 cm³/mol. The molecule has 128 valence electrons. The van der Waals surface area contributed by atoms with Gasteiger partial charge in [0.1, 0.15) is 0 Å². The van der Waals surface area contributed by atoms with Crippen molar-refractivity contribution in [2.75, 3.05) is 39.4 Å². The molecule has 0 N–H and O–H groups in total. The van der Waals surface area contributed by atoms with Crippen LogP contribution in [0.25, 0.3) is 0 Å². The summed E-state index contributed by atoms with van der Waals surface area (Å²) in [5, 5.41) is 0. The molecule has 0 spiro atoms. The number of ether oxygens (including phenoxy) is 1. The van der Waals surface area contributed by atoms with E-state index in [-0.39, 0.29) is 0 Å². The summed E-state index contributed by atoms with van der Waals surface area (Å²) in [6, 6.07) is 12.3. The Bertz CT molecular complexity index is 614. The molecule has 0 saturated carbocycles. The van der Waals surface area contributed by atoms with Gasteiger partial charge in [-0.25, -0.2) is 0 Å². The van der Waals surface area contributed by atoms with Crippen molar-refractivity contribution >= 4 is 0 Å². The van der Waals surface area contributed by atoms with Crippen molar-refractivity contribution in [3.05, 3.63) is 59.7 Å². The van der Waals surface area contributed by atoms with Gasteiger partial charge in [-0.15, -0.1) is 0 Å². The Morgan fingerprint density at radius 1 is 1.04 bits per heavy atom. The normalized spacial score (nSPS) is 15.8. The van der Waals surface area contributed by atoms with Gasteiger partial charge in [-0.05, 0) is 31.2 Å². The van der Waals surface area contributed by atoms with Gasteiger partial charge in [-0.2, -0.15) is 0 Å². The second-order valence-corrected chi connectivity index (χ2v) is 6.26. The highest BCUT2D eigenvalue weighted by Gasteiger charge is 2.14. The standard InChI is InChI=1S/C19H26N4O/c1-17-5-4-7-19(21-17)16-23(15-18-6-2-3-8-20-18)10-9-22-11-13-24-14-12-22/h2-8H,9-16H2,1H3. The summed E-state index contributed by atoms with van der Waals surface area (Å²) in [5.41, 5.74) is 3.29. The molecular weight excluding hydrogens is 300 g/mol. The highest BCUT2D eigenvalue weighted by molar-refractivity contribution is 5.10. The third-order valence-corrected chi connectivity index (χ3v) is 4.28. The van der Waals surface area contributed by atoms with Gasteiger partial charge < -0.3 is 4.74 Å². The Balaban J connectivity index is 1.63. The zero-order valence-electron chi connectivity index (χ0n) is 14.4. The summed E-state index contributed by atoms with van der Waals surface area (Å²) >= 11 is 0. The summed E-state index contributed by atoms with van der Waals surface area (Å²) in [6.07, 6.45) is 1.86. The number of rotatable bonds is 7. The maximum atomic E-state index is 5.44. The summed E-state index contributed by atoms with van der Waals surface area (Å²) in [7, 11) is 0. The number of hydrogen-bond acceptors (Lipinski definition) is 5. The largest absolute Gasteiger partial charge is 0.379 e. The quantitative estimate of drug-likeness (QED) is 0.779. The van der Waals surface area contributed by atoms with Crippen LogP contribution in [0.2, 0.25) is 0 Å². The first-order valence-electron chi connectivity index (χ1n) is 8.64. The van der Waals surface area contributed by atoms with E-state index in [1.54, 1.807) is 0 Å². The van der Waals surface area contributed by atoms with E-state index in [2.05, 4.69) is 38.0 Å². The van der Waals surface area contributed by atoms with Crippen LogP contribution in [0.3, 0.4) is 0 Å². The third kappa shape index (κ3) is 5.37. The van der Waals surface area contributed by atoms with Crippen molar-refractivity contribution in [3.8, 4) is 0 Å². The Labute approximate surface area is 144 Å². The van der Waals surface area contributed by atoms with Crippen LogP contribution in [-0.2, 0) is 17.8 Å². The Morgan fingerprint density at radius 2 is 1.83 bits per heavy atom.